The number of fused-ring (bicyclic) bond motifs is 1. The molecule has 0 aliphatic carbocycles. The molecule has 0 spiro atoms. The highest BCUT2D eigenvalue weighted by Gasteiger charge is 2.25. The van der Waals surface area contributed by atoms with Gasteiger partial charge in [0.25, 0.3) is 0 Å². The zero-order chi connectivity index (χ0) is 24.2. The lowest BCUT2D eigenvalue weighted by atomic mass is 10.1. The van der Waals surface area contributed by atoms with Crippen molar-refractivity contribution < 1.29 is 19.1 Å². The van der Waals surface area contributed by atoms with Crippen molar-refractivity contribution in [2.45, 2.75) is 18.9 Å². The van der Waals surface area contributed by atoms with E-state index in [1.54, 1.807) is 12.4 Å². The Bertz CT molecular complexity index is 1220. The summed E-state index contributed by atoms with van der Waals surface area (Å²) in [6.45, 7) is 3.36. The Balaban J connectivity index is 1.40. The molecule has 3 aromatic heterocycles. The lowest BCUT2D eigenvalue weighted by molar-refractivity contribution is 0.0904. The fourth-order valence-electron chi connectivity index (χ4n) is 4.44. The maximum atomic E-state index is 12.0. The molecule has 3 N–H and O–H groups in total. The quantitative estimate of drug-likeness (QED) is 0.543. The van der Waals surface area contributed by atoms with Gasteiger partial charge in [0, 0.05) is 80.4 Å². The number of nitrogens with zero attached hydrogens (tertiary/aromatic N) is 5. The van der Waals surface area contributed by atoms with E-state index in [4.69, 9.17) is 15.5 Å². The van der Waals surface area contributed by atoms with E-state index < -0.39 is 12.2 Å². The van der Waals surface area contributed by atoms with Gasteiger partial charge in [0.05, 0.1) is 5.69 Å². The number of nitrogens with one attached hydrogen (secondary N) is 1. The largest absolute Gasteiger partial charge is 0.418 e. The van der Waals surface area contributed by atoms with Crippen molar-refractivity contribution in [2.24, 2.45) is 5.73 Å². The number of piperazine rings is 1. The third-order valence-electron chi connectivity index (χ3n) is 6.27. The number of nitrogens with two attached hydrogens (primary N) is 1. The summed E-state index contributed by atoms with van der Waals surface area (Å²) in [7, 11) is 0. The first-order valence-corrected chi connectivity index (χ1v) is 11.6. The highest BCUT2D eigenvalue weighted by Crippen LogP contribution is 2.31. The predicted octanol–water partition coefficient (Wildman–Crippen LogP) is 2.62. The van der Waals surface area contributed by atoms with Gasteiger partial charge in [0.1, 0.15) is 11.6 Å². The number of carbonyl (C=O) groups is 2. The summed E-state index contributed by atoms with van der Waals surface area (Å²) >= 11 is 0. The van der Waals surface area contributed by atoms with Gasteiger partial charge in [-0.15, -0.1) is 0 Å². The molecule has 2 aliphatic heterocycles. The van der Waals surface area contributed by atoms with Crippen LogP contribution in [0.3, 0.4) is 0 Å². The molecule has 0 aromatic carbocycles. The van der Waals surface area contributed by atoms with Crippen molar-refractivity contribution in [1.29, 1.82) is 0 Å². The third kappa shape index (κ3) is 5.24. The number of hydrogen-bond donors (Lipinski definition) is 2. The van der Waals surface area contributed by atoms with Crippen LogP contribution in [0.2, 0.25) is 0 Å². The number of anilines is 2. The molecule has 0 atom stereocenters. The van der Waals surface area contributed by atoms with Crippen molar-refractivity contribution in [3.8, 4) is 11.3 Å². The van der Waals surface area contributed by atoms with Crippen LogP contribution in [0.25, 0.3) is 22.0 Å². The standard InChI is InChI=1S/C24H27N7O4/c25-23(32)35-24(33)31-9-7-30(8-10-31)22-19-2-5-26-15-17(19)13-20(29-22)16-1-6-27-21(14-16)28-18-3-11-34-12-4-18/h1-2,5-6,13-15,18H,3-4,7-12H2,(H2,25,32)(H,27,28). The Labute approximate surface area is 202 Å². The average Bonchev–Trinajstić information content (AvgIpc) is 2.88. The molecule has 0 unspecified atom stereocenters. The van der Waals surface area contributed by atoms with E-state index in [1.807, 2.05) is 30.5 Å². The zero-order valence-corrected chi connectivity index (χ0v) is 19.2. The van der Waals surface area contributed by atoms with Crippen molar-refractivity contribution in [1.82, 2.24) is 19.9 Å². The first kappa shape index (κ1) is 22.8. The Morgan fingerprint density at radius 1 is 1.09 bits per heavy atom. The van der Waals surface area contributed by atoms with E-state index >= 15 is 0 Å². The zero-order valence-electron chi connectivity index (χ0n) is 19.2. The molecule has 35 heavy (non-hydrogen) atoms. The first-order valence-electron chi connectivity index (χ1n) is 11.6. The normalized spacial score (nSPS) is 16.8. The summed E-state index contributed by atoms with van der Waals surface area (Å²) in [6.07, 6.45) is 5.43. The van der Waals surface area contributed by atoms with Gasteiger partial charge >= 0.3 is 12.2 Å². The van der Waals surface area contributed by atoms with Gasteiger partial charge in [-0.3, -0.25) is 4.98 Å². The van der Waals surface area contributed by atoms with E-state index in [0.717, 1.165) is 59.7 Å². The summed E-state index contributed by atoms with van der Waals surface area (Å²) in [4.78, 5) is 40.3. The molecule has 0 saturated carbocycles. The van der Waals surface area contributed by atoms with E-state index in [-0.39, 0.29) is 0 Å². The monoisotopic (exact) mass is 477 g/mol. The topological polar surface area (TPSA) is 136 Å². The minimum atomic E-state index is -1.10. The summed E-state index contributed by atoms with van der Waals surface area (Å²) < 4.78 is 9.96. The van der Waals surface area contributed by atoms with Crippen molar-refractivity contribution in [2.75, 3.05) is 49.6 Å². The van der Waals surface area contributed by atoms with Gasteiger partial charge in [0.15, 0.2) is 0 Å². The number of amides is 2. The van der Waals surface area contributed by atoms with Crippen LogP contribution in [0.4, 0.5) is 21.2 Å². The molecule has 5 rings (SSSR count). The summed E-state index contributed by atoms with van der Waals surface area (Å²) in [5, 5.41) is 5.46. The van der Waals surface area contributed by atoms with Crippen molar-refractivity contribution >= 4 is 34.6 Å². The lowest BCUT2D eigenvalue weighted by Gasteiger charge is -2.35. The average molecular weight is 478 g/mol. The molecule has 5 heterocycles. The van der Waals surface area contributed by atoms with Crippen LogP contribution in [-0.4, -0.2) is 77.5 Å². The minimum Gasteiger partial charge on any atom is -0.381 e. The fourth-order valence-corrected chi connectivity index (χ4v) is 4.44. The molecular formula is C24H27N7O4. The van der Waals surface area contributed by atoms with Gasteiger partial charge in [-0.25, -0.2) is 19.6 Å². The smallest absolute Gasteiger partial charge is 0.381 e. The van der Waals surface area contributed by atoms with E-state index in [9.17, 15) is 9.59 Å². The van der Waals surface area contributed by atoms with E-state index in [0.29, 0.717) is 32.2 Å². The maximum Gasteiger partial charge on any atom is 0.418 e. The molecule has 2 saturated heterocycles. The molecule has 0 radical (unpaired) electrons. The van der Waals surface area contributed by atoms with Gasteiger partial charge in [-0.2, -0.15) is 0 Å². The summed E-state index contributed by atoms with van der Waals surface area (Å²) in [5.41, 5.74) is 6.73. The van der Waals surface area contributed by atoms with Gasteiger partial charge in [0.2, 0.25) is 0 Å². The van der Waals surface area contributed by atoms with Crippen molar-refractivity contribution in [3.63, 3.8) is 0 Å². The van der Waals surface area contributed by atoms with Crippen LogP contribution in [-0.2, 0) is 9.47 Å². The van der Waals surface area contributed by atoms with Gasteiger partial charge < -0.3 is 30.3 Å². The number of hydrogen-bond acceptors (Lipinski definition) is 9. The number of carbonyl (C=O) groups excluding carboxylic acids is 2. The lowest BCUT2D eigenvalue weighted by Crippen LogP contribution is -2.49. The maximum absolute atomic E-state index is 12.0. The molecular weight excluding hydrogens is 450 g/mol. The highest BCUT2D eigenvalue weighted by atomic mass is 16.6. The fraction of sp³-hybridized carbons (Fsp3) is 0.375. The van der Waals surface area contributed by atoms with Crippen LogP contribution in [0, 0.1) is 0 Å². The second-order valence-corrected chi connectivity index (χ2v) is 8.55. The van der Waals surface area contributed by atoms with Crippen LogP contribution in [0.1, 0.15) is 12.8 Å². The Morgan fingerprint density at radius 2 is 1.89 bits per heavy atom. The first-order chi connectivity index (χ1) is 17.1. The second kappa shape index (κ2) is 10.1. The van der Waals surface area contributed by atoms with Crippen LogP contribution in [0.5, 0.6) is 0 Å². The molecule has 182 valence electrons. The molecule has 2 amide bonds. The molecule has 0 bridgehead atoms. The van der Waals surface area contributed by atoms with Crippen LogP contribution < -0.4 is 16.0 Å². The number of primary amides is 1. The van der Waals surface area contributed by atoms with Crippen LogP contribution in [0.15, 0.2) is 42.9 Å². The van der Waals surface area contributed by atoms with E-state index in [1.165, 1.54) is 4.90 Å². The number of pyridine rings is 3. The molecule has 2 aliphatic rings. The summed E-state index contributed by atoms with van der Waals surface area (Å²) in [6, 6.07) is 8.27. The molecule has 11 nitrogen and oxygen atoms in total. The van der Waals surface area contributed by atoms with Crippen molar-refractivity contribution in [3.05, 3.63) is 42.9 Å². The minimum absolute atomic E-state index is 0.341. The Morgan fingerprint density at radius 3 is 2.66 bits per heavy atom. The Hall–Kier alpha value is -3.99. The van der Waals surface area contributed by atoms with Gasteiger partial charge in [-0.1, -0.05) is 0 Å². The Kier molecular flexibility index (Phi) is 6.57. The third-order valence-corrected chi connectivity index (χ3v) is 6.27. The number of aromatic nitrogens is 3. The second-order valence-electron chi connectivity index (χ2n) is 8.55. The van der Waals surface area contributed by atoms with E-state index in [2.05, 4.69) is 24.9 Å². The predicted molar refractivity (Wildman–Crippen MR) is 130 cm³/mol. The molecule has 11 heteroatoms. The molecule has 2 fully saturated rings. The van der Waals surface area contributed by atoms with Crippen LogP contribution >= 0.6 is 0 Å². The molecule has 3 aromatic rings. The SMILES string of the molecule is NC(=O)OC(=O)N1CCN(c2nc(-c3ccnc(NC4CCOCC4)c3)cc3cnccc23)CC1. The number of rotatable bonds is 4. The summed E-state index contributed by atoms with van der Waals surface area (Å²) in [5.74, 6) is 1.63. The van der Waals surface area contributed by atoms with Gasteiger partial charge in [-0.05, 0) is 37.1 Å². The highest BCUT2D eigenvalue weighted by molar-refractivity contribution is 5.94. The number of ether oxygens (including phenoxy) is 2.